The average molecular weight is 443 g/mol. The molecule has 3 rings (SSSR count). The SMILES string of the molecule is O=C(N[C@@H]1C(=O)NCC1C(=O)OCc1ccccc1)NC1(I)CC1. The Bertz CT molecular complexity index is 648. The molecule has 7 nitrogen and oxygen atoms in total. The number of nitrogens with one attached hydrogen (secondary N) is 3. The van der Waals surface area contributed by atoms with Crippen molar-refractivity contribution in [1.29, 1.82) is 0 Å². The summed E-state index contributed by atoms with van der Waals surface area (Å²) in [6.45, 7) is 0.299. The van der Waals surface area contributed by atoms with Crippen molar-refractivity contribution in [3.8, 4) is 0 Å². The van der Waals surface area contributed by atoms with E-state index in [4.69, 9.17) is 4.74 Å². The number of hydrogen-bond donors (Lipinski definition) is 3. The predicted molar refractivity (Wildman–Crippen MR) is 94.2 cm³/mol. The van der Waals surface area contributed by atoms with Crippen LogP contribution in [0, 0.1) is 5.92 Å². The van der Waals surface area contributed by atoms with Crippen LogP contribution in [0.1, 0.15) is 18.4 Å². The number of benzene rings is 1. The third-order valence-electron chi connectivity index (χ3n) is 4.02. The summed E-state index contributed by atoms with van der Waals surface area (Å²) >= 11 is 2.17. The zero-order chi connectivity index (χ0) is 17.2. The number of urea groups is 1. The summed E-state index contributed by atoms with van der Waals surface area (Å²) in [6.07, 6.45) is 1.81. The molecule has 8 heteroatoms. The molecule has 1 saturated heterocycles. The van der Waals surface area contributed by atoms with E-state index in [1.807, 2.05) is 30.3 Å². The number of alkyl halides is 1. The van der Waals surface area contributed by atoms with Crippen LogP contribution in [0.2, 0.25) is 0 Å². The molecule has 24 heavy (non-hydrogen) atoms. The molecular weight excluding hydrogens is 425 g/mol. The van der Waals surface area contributed by atoms with E-state index in [1.54, 1.807) is 0 Å². The highest BCUT2D eigenvalue weighted by atomic mass is 127. The van der Waals surface area contributed by atoms with E-state index in [0.717, 1.165) is 18.4 Å². The number of halogens is 1. The monoisotopic (exact) mass is 443 g/mol. The standard InChI is InChI=1S/C16H18IN3O4/c17-16(6-7-16)20-15(23)19-12-11(8-18-13(12)21)14(22)24-9-10-4-2-1-3-5-10/h1-5,11-12H,6-9H2,(H,18,21)(H2,19,20,23)/t11?,12-/m0/s1. The first-order chi connectivity index (χ1) is 11.5. The number of esters is 1. The Balaban J connectivity index is 1.55. The smallest absolute Gasteiger partial charge is 0.316 e. The lowest BCUT2D eigenvalue weighted by Gasteiger charge is -2.19. The largest absolute Gasteiger partial charge is 0.460 e. The van der Waals surface area contributed by atoms with Gasteiger partial charge in [-0.25, -0.2) is 4.79 Å². The fourth-order valence-electron chi connectivity index (χ4n) is 2.46. The summed E-state index contributed by atoms with van der Waals surface area (Å²) in [5, 5.41) is 7.98. The van der Waals surface area contributed by atoms with Crippen molar-refractivity contribution in [3.63, 3.8) is 0 Å². The molecule has 1 aliphatic carbocycles. The van der Waals surface area contributed by atoms with E-state index in [9.17, 15) is 14.4 Å². The molecule has 1 aliphatic heterocycles. The molecule has 2 fully saturated rings. The molecule has 128 valence electrons. The maximum absolute atomic E-state index is 12.3. The molecule has 0 spiro atoms. The number of ether oxygens (including phenoxy) is 1. The lowest BCUT2D eigenvalue weighted by Crippen LogP contribution is -2.51. The predicted octanol–water partition coefficient (Wildman–Crippen LogP) is 1.07. The summed E-state index contributed by atoms with van der Waals surface area (Å²) in [6, 6.07) is 7.95. The first kappa shape index (κ1) is 17.0. The molecule has 1 saturated carbocycles. The Labute approximate surface area is 153 Å². The van der Waals surface area contributed by atoms with Gasteiger partial charge in [0, 0.05) is 6.54 Å². The second kappa shape index (κ2) is 6.96. The van der Waals surface area contributed by atoms with E-state index in [2.05, 4.69) is 38.5 Å². The fraction of sp³-hybridized carbons (Fsp3) is 0.438. The Morgan fingerprint density at radius 3 is 2.67 bits per heavy atom. The van der Waals surface area contributed by atoms with Crippen molar-refractivity contribution in [2.24, 2.45) is 5.92 Å². The van der Waals surface area contributed by atoms with Gasteiger partial charge in [-0.1, -0.05) is 52.9 Å². The van der Waals surface area contributed by atoms with Gasteiger partial charge in [-0.3, -0.25) is 9.59 Å². The van der Waals surface area contributed by atoms with E-state index in [0.29, 0.717) is 0 Å². The molecule has 3 N–H and O–H groups in total. The molecule has 0 radical (unpaired) electrons. The molecule has 3 amide bonds. The van der Waals surface area contributed by atoms with Gasteiger partial charge in [-0.15, -0.1) is 0 Å². The van der Waals surface area contributed by atoms with Gasteiger partial charge in [0.15, 0.2) is 0 Å². The van der Waals surface area contributed by atoms with Gasteiger partial charge in [-0.2, -0.15) is 0 Å². The van der Waals surface area contributed by atoms with Crippen molar-refractivity contribution < 1.29 is 19.1 Å². The van der Waals surface area contributed by atoms with Crippen LogP contribution in [0.15, 0.2) is 30.3 Å². The minimum absolute atomic E-state index is 0.139. The first-order valence-corrected chi connectivity index (χ1v) is 8.81. The fourth-order valence-corrected chi connectivity index (χ4v) is 2.97. The Morgan fingerprint density at radius 1 is 1.29 bits per heavy atom. The molecule has 2 aliphatic rings. The Morgan fingerprint density at radius 2 is 2.00 bits per heavy atom. The van der Waals surface area contributed by atoms with Crippen molar-refractivity contribution >= 4 is 40.5 Å². The van der Waals surface area contributed by atoms with E-state index in [1.165, 1.54) is 0 Å². The van der Waals surface area contributed by atoms with Crippen LogP contribution in [-0.2, 0) is 20.9 Å². The quantitative estimate of drug-likeness (QED) is 0.275. The summed E-state index contributed by atoms with van der Waals surface area (Å²) in [5.41, 5.74) is 0.867. The van der Waals surface area contributed by atoms with E-state index >= 15 is 0 Å². The maximum Gasteiger partial charge on any atom is 0.316 e. The summed E-state index contributed by atoms with van der Waals surface area (Å²) in [5.74, 6) is -1.60. The van der Waals surface area contributed by atoms with Crippen molar-refractivity contribution in [2.45, 2.75) is 29.0 Å². The van der Waals surface area contributed by atoms with Crippen LogP contribution in [0.3, 0.4) is 0 Å². The van der Waals surface area contributed by atoms with Crippen LogP contribution in [-0.4, -0.2) is 34.0 Å². The average Bonchev–Trinajstić information content (AvgIpc) is 3.18. The molecule has 0 aromatic heterocycles. The second-order valence-electron chi connectivity index (χ2n) is 5.99. The van der Waals surface area contributed by atoms with Crippen LogP contribution in [0.4, 0.5) is 4.79 Å². The highest BCUT2D eigenvalue weighted by molar-refractivity contribution is 14.1. The first-order valence-electron chi connectivity index (χ1n) is 7.73. The van der Waals surface area contributed by atoms with E-state index in [-0.39, 0.29) is 22.6 Å². The molecule has 2 atom stereocenters. The topological polar surface area (TPSA) is 96.5 Å². The van der Waals surface area contributed by atoms with Crippen LogP contribution < -0.4 is 16.0 Å². The molecule has 1 heterocycles. The van der Waals surface area contributed by atoms with Crippen LogP contribution in [0.5, 0.6) is 0 Å². The maximum atomic E-state index is 12.3. The van der Waals surface area contributed by atoms with Gasteiger partial charge in [0.05, 0.1) is 3.55 Å². The zero-order valence-electron chi connectivity index (χ0n) is 12.9. The van der Waals surface area contributed by atoms with Crippen molar-refractivity contribution in [1.82, 2.24) is 16.0 Å². The van der Waals surface area contributed by atoms with Crippen LogP contribution in [0.25, 0.3) is 0 Å². The zero-order valence-corrected chi connectivity index (χ0v) is 15.0. The van der Waals surface area contributed by atoms with Crippen molar-refractivity contribution in [3.05, 3.63) is 35.9 Å². The molecule has 1 aromatic carbocycles. The number of rotatable bonds is 5. The minimum atomic E-state index is -0.910. The van der Waals surface area contributed by atoms with Gasteiger partial charge < -0.3 is 20.7 Å². The molecule has 1 aromatic rings. The van der Waals surface area contributed by atoms with E-state index < -0.39 is 24.0 Å². The minimum Gasteiger partial charge on any atom is -0.460 e. The number of carbonyl (C=O) groups excluding carboxylic acids is 3. The van der Waals surface area contributed by atoms with Gasteiger partial charge in [0.25, 0.3) is 0 Å². The number of carbonyl (C=O) groups is 3. The summed E-state index contributed by atoms with van der Waals surface area (Å²) in [4.78, 5) is 36.2. The second-order valence-corrected chi connectivity index (χ2v) is 8.05. The van der Waals surface area contributed by atoms with Crippen molar-refractivity contribution in [2.75, 3.05) is 6.54 Å². The third kappa shape index (κ3) is 4.16. The van der Waals surface area contributed by atoms with Crippen LogP contribution >= 0.6 is 22.6 Å². The van der Waals surface area contributed by atoms with Gasteiger partial charge in [-0.05, 0) is 18.4 Å². The normalized spacial score (nSPS) is 24.0. The lowest BCUT2D eigenvalue weighted by molar-refractivity contribution is -0.150. The number of hydrogen-bond acceptors (Lipinski definition) is 4. The Kier molecular flexibility index (Phi) is 4.93. The highest BCUT2D eigenvalue weighted by Crippen LogP contribution is 2.41. The molecular formula is C16H18IN3O4. The summed E-state index contributed by atoms with van der Waals surface area (Å²) < 4.78 is 5.06. The molecule has 1 unspecified atom stereocenters. The Hall–Kier alpha value is -1.84. The van der Waals surface area contributed by atoms with Gasteiger partial charge in [0.1, 0.15) is 18.6 Å². The lowest BCUT2D eigenvalue weighted by atomic mass is 10.0. The third-order valence-corrected chi connectivity index (χ3v) is 5.37. The summed E-state index contributed by atoms with van der Waals surface area (Å²) in [7, 11) is 0. The molecule has 0 bridgehead atoms. The van der Waals surface area contributed by atoms with Gasteiger partial charge in [0.2, 0.25) is 5.91 Å². The number of amides is 3. The van der Waals surface area contributed by atoms with Gasteiger partial charge >= 0.3 is 12.0 Å². The highest BCUT2D eigenvalue weighted by Gasteiger charge is 2.44.